The van der Waals surface area contributed by atoms with Crippen molar-refractivity contribution in [3.63, 3.8) is 0 Å². The molecule has 1 amide bonds. The van der Waals surface area contributed by atoms with Crippen LogP contribution in [0.1, 0.15) is 131 Å². The van der Waals surface area contributed by atoms with Crippen molar-refractivity contribution in [2.24, 2.45) is 45.3 Å². The number of likely N-dealkylation sites (tertiary alicyclic amines) is 1. The summed E-state index contributed by atoms with van der Waals surface area (Å²) in [6.45, 7) is 13.0. The lowest BCUT2D eigenvalue weighted by Crippen LogP contribution is -2.58. The summed E-state index contributed by atoms with van der Waals surface area (Å²) in [4.78, 5) is 14.9. The lowest BCUT2D eigenvalue weighted by molar-refractivity contribution is -0.212. The minimum absolute atomic E-state index is 0.00905. The van der Waals surface area contributed by atoms with Crippen LogP contribution >= 0.6 is 0 Å². The van der Waals surface area contributed by atoms with Crippen LogP contribution in [0.5, 0.6) is 0 Å². The molecular weight excluding hydrogens is 538 g/mol. The number of fused-ring (bicyclic) bond motifs is 3. The van der Waals surface area contributed by atoms with Gasteiger partial charge in [-0.05, 0) is 144 Å². The highest BCUT2D eigenvalue weighted by Crippen LogP contribution is 2.76. The molecule has 8 rings (SSSR count). The van der Waals surface area contributed by atoms with Gasteiger partial charge in [-0.3, -0.25) is 0 Å². The fourth-order valence-corrected chi connectivity index (χ4v) is 13.1. The van der Waals surface area contributed by atoms with Gasteiger partial charge in [-0.25, -0.2) is 4.79 Å². The van der Waals surface area contributed by atoms with Gasteiger partial charge in [0.25, 0.3) is 0 Å². The number of carbonyl (C=O) groups excluding carboxylic acids is 1. The van der Waals surface area contributed by atoms with Crippen molar-refractivity contribution in [3.8, 4) is 0 Å². The van der Waals surface area contributed by atoms with Gasteiger partial charge >= 0.3 is 6.09 Å². The summed E-state index contributed by atoms with van der Waals surface area (Å²) in [5.41, 5.74) is 0.424. The smallest absolute Gasteiger partial charge is 0.410 e. The maximum absolute atomic E-state index is 13.0. The first-order valence-electron chi connectivity index (χ1n) is 18.2. The zero-order valence-electron chi connectivity index (χ0n) is 28.2. The summed E-state index contributed by atoms with van der Waals surface area (Å²) in [5.74, 6) is 2.74. The Morgan fingerprint density at radius 3 is 2.35 bits per heavy atom. The Morgan fingerprint density at radius 1 is 0.930 bits per heavy atom. The molecule has 0 aromatic heterocycles. The average molecular weight is 600 g/mol. The highest BCUT2D eigenvalue weighted by molar-refractivity contribution is 5.68. The third-order valence-corrected chi connectivity index (χ3v) is 14.9. The van der Waals surface area contributed by atoms with Gasteiger partial charge in [-0.15, -0.1) is 0 Å². The third-order valence-electron chi connectivity index (χ3n) is 14.9. The Kier molecular flexibility index (Phi) is 7.58. The Morgan fingerprint density at radius 2 is 1.67 bits per heavy atom. The summed E-state index contributed by atoms with van der Waals surface area (Å²) in [6, 6.07) is 0. The first kappa shape index (κ1) is 30.8. The normalized spacial score (nSPS) is 47.9. The van der Waals surface area contributed by atoms with Gasteiger partial charge in [0, 0.05) is 25.6 Å². The van der Waals surface area contributed by atoms with Crippen molar-refractivity contribution in [3.05, 3.63) is 0 Å². The van der Waals surface area contributed by atoms with Crippen molar-refractivity contribution in [1.29, 1.82) is 0 Å². The molecule has 6 heteroatoms. The minimum atomic E-state index is -0.910. The number of nitrogens with zero attached hydrogens (tertiary/aromatic N) is 1. The number of hydrogen-bond acceptors (Lipinski definition) is 5. The van der Waals surface area contributed by atoms with E-state index in [2.05, 4.69) is 20.8 Å². The Labute approximate surface area is 261 Å². The quantitative estimate of drug-likeness (QED) is 0.358. The van der Waals surface area contributed by atoms with Crippen LogP contribution in [0.25, 0.3) is 0 Å². The number of amides is 1. The van der Waals surface area contributed by atoms with Gasteiger partial charge in [0.05, 0.1) is 17.8 Å². The van der Waals surface area contributed by atoms with Crippen LogP contribution in [0.2, 0.25) is 0 Å². The van der Waals surface area contributed by atoms with Gasteiger partial charge in [-0.2, -0.15) is 0 Å². The van der Waals surface area contributed by atoms with E-state index in [1.54, 1.807) is 7.11 Å². The van der Waals surface area contributed by atoms with Gasteiger partial charge in [0.1, 0.15) is 12.2 Å². The number of methoxy groups -OCH3 is 1. The molecule has 2 aliphatic heterocycles. The second-order valence-corrected chi connectivity index (χ2v) is 18.2. The van der Waals surface area contributed by atoms with E-state index >= 15 is 0 Å². The zero-order valence-corrected chi connectivity index (χ0v) is 28.2. The standard InChI is InChI=1S/C37H61NO5/c1-33(2)29-14-12-25-26-20-28-24(11-13-27(42-28)31(41-6)34(3,4)40)21-35(26,5)15-8-17-36(25)22-37(29,23-36)16-7-10-30(33)43-32(39)38-18-9-19-38/h24-31,40H,7-23H2,1-6H3. The van der Waals surface area contributed by atoms with Crippen LogP contribution in [-0.4, -0.2) is 66.3 Å². The van der Waals surface area contributed by atoms with Crippen molar-refractivity contribution >= 4 is 6.09 Å². The van der Waals surface area contributed by atoms with E-state index in [-0.39, 0.29) is 35.9 Å². The van der Waals surface area contributed by atoms with Gasteiger partial charge < -0.3 is 24.2 Å². The first-order valence-corrected chi connectivity index (χ1v) is 18.2. The highest BCUT2D eigenvalue weighted by Gasteiger charge is 2.69. The lowest BCUT2D eigenvalue weighted by Gasteiger charge is -2.64. The Balaban J connectivity index is 1.13. The molecule has 0 radical (unpaired) electrons. The van der Waals surface area contributed by atoms with Crippen molar-refractivity contribution in [1.82, 2.24) is 4.90 Å². The SMILES string of the molecule is COC(C1CCC2CC3(C)CCCC45CC6(CCCC(OC(=O)N7CCC7)C(C)(C)C6CCC4C3CC2O1)C5)C(C)(C)O. The molecule has 0 aromatic carbocycles. The van der Waals surface area contributed by atoms with E-state index in [4.69, 9.17) is 14.2 Å². The molecule has 8 aliphatic rings. The van der Waals surface area contributed by atoms with Gasteiger partial charge in [-0.1, -0.05) is 27.2 Å². The summed E-state index contributed by atoms with van der Waals surface area (Å²) in [7, 11) is 1.72. The van der Waals surface area contributed by atoms with Crippen LogP contribution in [0.15, 0.2) is 0 Å². The van der Waals surface area contributed by atoms with Crippen LogP contribution < -0.4 is 0 Å². The molecule has 6 saturated carbocycles. The number of carbonyl (C=O) groups is 1. The van der Waals surface area contributed by atoms with Crippen molar-refractivity contribution < 1.29 is 24.1 Å². The number of aliphatic hydroxyl groups is 1. The molecule has 9 unspecified atom stereocenters. The Hall–Kier alpha value is -0.850. The maximum atomic E-state index is 13.0. The van der Waals surface area contributed by atoms with E-state index in [9.17, 15) is 9.90 Å². The molecule has 2 saturated heterocycles. The van der Waals surface area contributed by atoms with Crippen molar-refractivity contribution in [2.45, 2.75) is 161 Å². The summed E-state index contributed by atoms with van der Waals surface area (Å²) < 4.78 is 19.1. The van der Waals surface area contributed by atoms with Crippen LogP contribution in [0.3, 0.4) is 0 Å². The second-order valence-electron chi connectivity index (χ2n) is 18.2. The first-order chi connectivity index (χ1) is 20.3. The molecule has 0 aromatic rings. The number of ether oxygens (including phenoxy) is 3. The van der Waals surface area contributed by atoms with E-state index in [0.717, 1.165) is 38.3 Å². The highest BCUT2D eigenvalue weighted by atomic mass is 16.6. The molecule has 2 heterocycles. The second kappa shape index (κ2) is 10.6. The zero-order chi connectivity index (χ0) is 30.4. The molecule has 6 nitrogen and oxygen atoms in total. The van der Waals surface area contributed by atoms with Crippen LogP contribution in [0, 0.1) is 45.3 Å². The molecule has 2 bridgehead atoms. The van der Waals surface area contributed by atoms with Crippen LogP contribution in [0.4, 0.5) is 4.79 Å². The fraction of sp³-hybridized carbons (Fsp3) is 0.973. The van der Waals surface area contributed by atoms with Gasteiger partial charge in [0.2, 0.25) is 0 Å². The molecule has 1 N–H and O–H groups in total. The summed E-state index contributed by atoms with van der Waals surface area (Å²) in [6.07, 6.45) is 18.8. The lowest BCUT2D eigenvalue weighted by atomic mass is 9.41. The molecular formula is C37H61NO5. The van der Waals surface area contributed by atoms with E-state index < -0.39 is 5.60 Å². The molecule has 43 heavy (non-hydrogen) atoms. The van der Waals surface area contributed by atoms with E-state index in [1.807, 2.05) is 18.7 Å². The monoisotopic (exact) mass is 599 g/mol. The topological polar surface area (TPSA) is 68.2 Å². The van der Waals surface area contributed by atoms with Crippen LogP contribution in [-0.2, 0) is 14.2 Å². The molecule has 6 aliphatic carbocycles. The number of hydrogen-bond donors (Lipinski definition) is 1. The summed E-state index contributed by atoms with van der Waals surface area (Å²) >= 11 is 0. The van der Waals surface area contributed by atoms with E-state index in [1.165, 1.54) is 77.0 Å². The van der Waals surface area contributed by atoms with E-state index in [0.29, 0.717) is 34.0 Å². The van der Waals surface area contributed by atoms with Gasteiger partial charge in [0.15, 0.2) is 0 Å². The maximum Gasteiger partial charge on any atom is 0.410 e. The number of rotatable bonds is 4. The predicted octanol–water partition coefficient (Wildman–Crippen LogP) is 7.75. The predicted molar refractivity (Wildman–Crippen MR) is 168 cm³/mol. The molecule has 9 atom stereocenters. The third kappa shape index (κ3) is 4.93. The fourth-order valence-electron chi connectivity index (χ4n) is 13.1. The largest absolute Gasteiger partial charge is 0.446 e. The molecule has 244 valence electrons. The van der Waals surface area contributed by atoms with Crippen molar-refractivity contribution in [2.75, 3.05) is 20.2 Å². The average Bonchev–Trinajstić information content (AvgIpc) is 3.19. The molecule has 8 fully saturated rings. The Bertz CT molecular complexity index is 1060. The summed E-state index contributed by atoms with van der Waals surface area (Å²) in [5, 5.41) is 10.9. The molecule has 2 spiro atoms. The minimum Gasteiger partial charge on any atom is -0.446 e.